The van der Waals surface area contributed by atoms with Gasteiger partial charge in [0.15, 0.2) is 0 Å². The smallest absolute Gasteiger partial charge is 0.226 e. The molecule has 0 bridgehead atoms. The molecule has 8 nitrogen and oxygen atoms in total. The summed E-state index contributed by atoms with van der Waals surface area (Å²) < 4.78 is 10.4. The zero-order chi connectivity index (χ0) is 21.4. The summed E-state index contributed by atoms with van der Waals surface area (Å²) in [7, 11) is 3.05. The number of methoxy groups -OCH3 is 2. The van der Waals surface area contributed by atoms with E-state index in [0.717, 1.165) is 0 Å². The first-order chi connectivity index (χ1) is 13.8. The zero-order valence-electron chi connectivity index (χ0n) is 16.9. The summed E-state index contributed by atoms with van der Waals surface area (Å²) in [6, 6.07) is 11.9. The number of benzene rings is 2. The normalized spacial score (nSPS) is 10.1. The first-order valence-corrected chi connectivity index (χ1v) is 9.01. The Morgan fingerprint density at radius 2 is 1.62 bits per heavy atom. The van der Waals surface area contributed by atoms with Crippen LogP contribution >= 0.6 is 0 Å². The Labute approximate surface area is 169 Å². The molecule has 2 N–H and O–H groups in total. The predicted octanol–water partition coefficient (Wildman–Crippen LogP) is 3.04. The maximum atomic E-state index is 12.4. The highest BCUT2D eigenvalue weighted by Gasteiger charge is 2.15. The summed E-state index contributed by atoms with van der Waals surface area (Å²) in [5.41, 5.74) is 1.76. The maximum absolute atomic E-state index is 12.4. The van der Waals surface area contributed by atoms with Gasteiger partial charge in [-0.15, -0.1) is 0 Å². The van der Waals surface area contributed by atoms with Gasteiger partial charge in [-0.1, -0.05) is 0 Å². The van der Waals surface area contributed by atoms with E-state index in [0.29, 0.717) is 28.6 Å². The molecule has 0 spiro atoms. The van der Waals surface area contributed by atoms with Gasteiger partial charge in [0.1, 0.15) is 11.5 Å². The van der Waals surface area contributed by atoms with E-state index in [2.05, 4.69) is 10.6 Å². The Morgan fingerprint density at radius 3 is 2.17 bits per heavy atom. The Balaban J connectivity index is 2.04. The van der Waals surface area contributed by atoms with E-state index >= 15 is 0 Å². The highest BCUT2D eigenvalue weighted by atomic mass is 16.5. The van der Waals surface area contributed by atoms with Crippen molar-refractivity contribution in [3.63, 3.8) is 0 Å². The lowest BCUT2D eigenvalue weighted by Gasteiger charge is -2.21. The average molecular weight is 399 g/mol. The number of carbonyl (C=O) groups is 3. The Hall–Kier alpha value is -3.55. The van der Waals surface area contributed by atoms with E-state index in [1.165, 1.54) is 33.0 Å². The molecule has 0 heterocycles. The predicted molar refractivity (Wildman–Crippen MR) is 112 cm³/mol. The van der Waals surface area contributed by atoms with Crippen LogP contribution in [0, 0.1) is 0 Å². The van der Waals surface area contributed by atoms with Crippen LogP contribution < -0.4 is 25.0 Å². The number of carbonyl (C=O) groups excluding carboxylic acids is 3. The molecular formula is C21H25N3O5. The maximum Gasteiger partial charge on any atom is 0.226 e. The van der Waals surface area contributed by atoms with Crippen LogP contribution in [0.3, 0.4) is 0 Å². The minimum Gasteiger partial charge on any atom is -0.497 e. The molecule has 2 aromatic rings. The van der Waals surface area contributed by atoms with Crippen molar-refractivity contribution in [2.24, 2.45) is 0 Å². The number of amides is 3. The van der Waals surface area contributed by atoms with Crippen molar-refractivity contribution in [2.75, 3.05) is 36.3 Å². The molecule has 154 valence electrons. The lowest BCUT2D eigenvalue weighted by molar-refractivity contribution is -0.117. The fourth-order valence-electron chi connectivity index (χ4n) is 2.73. The van der Waals surface area contributed by atoms with Crippen molar-refractivity contribution in [2.45, 2.75) is 20.3 Å². The Kier molecular flexibility index (Phi) is 7.59. The van der Waals surface area contributed by atoms with Crippen LogP contribution in [0.5, 0.6) is 11.5 Å². The molecule has 0 saturated carbocycles. The third-order valence-electron chi connectivity index (χ3n) is 4.12. The van der Waals surface area contributed by atoms with E-state index in [-0.39, 0.29) is 30.7 Å². The third-order valence-corrected chi connectivity index (χ3v) is 4.12. The quantitative estimate of drug-likeness (QED) is 0.711. The topological polar surface area (TPSA) is 97.0 Å². The van der Waals surface area contributed by atoms with E-state index in [9.17, 15) is 14.4 Å². The second-order valence-corrected chi connectivity index (χ2v) is 6.26. The average Bonchev–Trinajstić information content (AvgIpc) is 2.68. The van der Waals surface area contributed by atoms with Gasteiger partial charge < -0.3 is 25.0 Å². The van der Waals surface area contributed by atoms with Crippen LogP contribution in [0.1, 0.15) is 20.3 Å². The number of hydrogen-bond donors (Lipinski definition) is 2. The number of ether oxygens (including phenoxy) is 2. The second-order valence-electron chi connectivity index (χ2n) is 6.26. The molecule has 0 aromatic heterocycles. The monoisotopic (exact) mass is 399 g/mol. The molecule has 2 aromatic carbocycles. The third kappa shape index (κ3) is 6.24. The molecule has 3 amide bonds. The minimum absolute atomic E-state index is 0.0907. The Bertz CT molecular complexity index is 880. The van der Waals surface area contributed by atoms with Crippen molar-refractivity contribution in [1.29, 1.82) is 0 Å². The van der Waals surface area contributed by atoms with E-state index < -0.39 is 0 Å². The van der Waals surface area contributed by atoms with Gasteiger partial charge in [-0.3, -0.25) is 14.4 Å². The van der Waals surface area contributed by atoms with Gasteiger partial charge in [-0.2, -0.15) is 0 Å². The molecule has 29 heavy (non-hydrogen) atoms. The zero-order valence-corrected chi connectivity index (χ0v) is 16.9. The van der Waals surface area contributed by atoms with Crippen molar-refractivity contribution < 1.29 is 23.9 Å². The highest BCUT2D eigenvalue weighted by Crippen LogP contribution is 2.29. The van der Waals surface area contributed by atoms with Crippen molar-refractivity contribution in [3.8, 4) is 11.5 Å². The number of anilines is 3. The summed E-state index contributed by atoms with van der Waals surface area (Å²) in [4.78, 5) is 37.1. The molecule has 0 fully saturated rings. The van der Waals surface area contributed by atoms with E-state index in [4.69, 9.17) is 9.47 Å². The fraction of sp³-hybridized carbons (Fsp3) is 0.286. The summed E-state index contributed by atoms with van der Waals surface area (Å²) in [5, 5.41) is 5.45. The van der Waals surface area contributed by atoms with Crippen LogP contribution in [0.4, 0.5) is 17.1 Å². The molecule has 0 aliphatic rings. The number of rotatable bonds is 8. The van der Waals surface area contributed by atoms with Gasteiger partial charge >= 0.3 is 0 Å². The van der Waals surface area contributed by atoms with Gasteiger partial charge in [0.05, 0.1) is 19.9 Å². The second kappa shape index (κ2) is 10.1. The summed E-state index contributed by atoms with van der Waals surface area (Å²) in [5.74, 6) is 0.467. The number of hydrogen-bond acceptors (Lipinski definition) is 5. The number of nitrogens with one attached hydrogen (secondary N) is 2. The van der Waals surface area contributed by atoms with Crippen molar-refractivity contribution in [3.05, 3.63) is 42.5 Å². The summed E-state index contributed by atoms with van der Waals surface area (Å²) in [6.45, 7) is 3.06. The van der Waals surface area contributed by atoms with E-state index in [1.54, 1.807) is 42.5 Å². The van der Waals surface area contributed by atoms with Gasteiger partial charge in [0, 0.05) is 44.3 Å². The first-order valence-electron chi connectivity index (χ1n) is 9.01. The molecule has 2 rings (SSSR count). The van der Waals surface area contributed by atoms with Crippen molar-refractivity contribution >= 4 is 34.8 Å². The van der Waals surface area contributed by atoms with Crippen LogP contribution in [0.15, 0.2) is 42.5 Å². The van der Waals surface area contributed by atoms with E-state index in [1.807, 2.05) is 0 Å². The molecular weight excluding hydrogens is 374 g/mol. The van der Waals surface area contributed by atoms with Crippen molar-refractivity contribution in [1.82, 2.24) is 0 Å². The molecule has 0 aliphatic carbocycles. The first kappa shape index (κ1) is 21.7. The van der Waals surface area contributed by atoms with Crippen LogP contribution in [0.2, 0.25) is 0 Å². The lowest BCUT2D eigenvalue weighted by atomic mass is 10.2. The standard InChI is InChI=1S/C21H25N3O5/c1-14(25)22-16-5-7-17(8-6-16)24(15(2)26)12-11-21(27)23-19-13-18(28-3)9-10-20(19)29-4/h5-10,13H,11-12H2,1-4H3,(H,22,25)(H,23,27). The van der Waals surface area contributed by atoms with Gasteiger partial charge in [-0.05, 0) is 36.4 Å². The fourth-order valence-corrected chi connectivity index (χ4v) is 2.73. The van der Waals surface area contributed by atoms with Crippen LogP contribution in [-0.4, -0.2) is 38.5 Å². The van der Waals surface area contributed by atoms with Gasteiger partial charge in [0.25, 0.3) is 0 Å². The largest absolute Gasteiger partial charge is 0.497 e. The molecule has 0 saturated heterocycles. The van der Waals surface area contributed by atoms with Crippen LogP contribution in [0.25, 0.3) is 0 Å². The molecule has 0 atom stereocenters. The summed E-state index contributed by atoms with van der Waals surface area (Å²) in [6.07, 6.45) is 0.0907. The molecule has 8 heteroatoms. The van der Waals surface area contributed by atoms with Crippen LogP contribution in [-0.2, 0) is 14.4 Å². The van der Waals surface area contributed by atoms with Gasteiger partial charge in [0.2, 0.25) is 17.7 Å². The van der Waals surface area contributed by atoms with Gasteiger partial charge in [-0.25, -0.2) is 0 Å². The summed E-state index contributed by atoms with van der Waals surface area (Å²) >= 11 is 0. The lowest BCUT2D eigenvalue weighted by Crippen LogP contribution is -2.32. The molecule has 0 radical (unpaired) electrons. The molecule has 0 unspecified atom stereocenters. The SMILES string of the molecule is COc1ccc(OC)c(NC(=O)CCN(C(C)=O)c2ccc(NC(C)=O)cc2)c1. The highest BCUT2D eigenvalue weighted by molar-refractivity contribution is 5.96. The Morgan fingerprint density at radius 1 is 0.931 bits per heavy atom. The minimum atomic E-state index is -0.266. The molecule has 0 aliphatic heterocycles. The number of nitrogens with zero attached hydrogens (tertiary/aromatic N) is 1.